The molecule has 1 saturated heterocycles. The van der Waals surface area contributed by atoms with Gasteiger partial charge in [-0.25, -0.2) is 4.39 Å². The molecule has 1 atom stereocenters. The maximum atomic E-state index is 12.9. The highest BCUT2D eigenvalue weighted by Gasteiger charge is 2.33. The van der Waals surface area contributed by atoms with Gasteiger partial charge in [-0.2, -0.15) is 0 Å². The topological polar surface area (TPSA) is 43.9 Å². The SMILES string of the molecule is CN(C)C(=O)C1CCCN1CC(=O)N(C)Cc1ccc(F)cc1. The Bertz CT molecular complexity index is 559. The normalized spacial score (nSPS) is 18.0. The Labute approximate surface area is 136 Å². The van der Waals surface area contributed by atoms with Crippen molar-refractivity contribution in [2.24, 2.45) is 0 Å². The van der Waals surface area contributed by atoms with E-state index >= 15 is 0 Å². The summed E-state index contributed by atoms with van der Waals surface area (Å²) in [5.74, 6) is -0.269. The van der Waals surface area contributed by atoms with Crippen molar-refractivity contribution in [3.8, 4) is 0 Å². The minimum absolute atomic E-state index is 0.0345. The minimum atomic E-state index is -0.287. The molecule has 0 aliphatic carbocycles. The molecule has 1 aliphatic heterocycles. The monoisotopic (exact) mass is 321 g/mol. The summed E-state index contributed by atoms with van der Waals surface area (Å²) in [6.07, 6.45) is 1.73. The number of rotatable bonds is 5. The van der Waals surface area contributed by atoms with Crippen LogP contribution in [-0.4, -0.2) is 66.8 Å². The van der Waals surface area contributed by atoms with E-state index in [2.05, 4.69) is 0 Å². The smallest absolute Gasteiger partial charge is 0.239 e. The van der Waals surface area contributed by atoms with Gasteiger partial charge >= 0.3 is 0 Å². The van der Waals surface area contributed by atoms with E-state index in [1.165, 1.54) is 12.1 Å². The maximum absolute atomic E-state index is 12.9. The molecule has 1 aliphatic rings. The van der Waals surface area contributed by atoms with Crippen LogP contribution in [0.15, 0.2) is 24.3 Å². The van der Waals surface area contributed by atoms with Gasteiger partial charge in [-0.3, -0.25) is 14.5 Å². The van der Waals surface area contributed by atoms with E-state index in [9.17, 15) is 14.0 Å². The zero-order chi connectivity index (χ0) is 17.0. The number of benzene rings is 1. The summed E-state index contributed by atoms with van der Waals surface area (Å²) >= 11 is 0. The molecule has 2 amide bonds. The lowest BCUT2D eigenvalue weighted by Crippen LogP contribution is -2.46. The minimum Gasteiger partial charge on any atom is -0.347 e. The van der Waals surface area contributed by atoms with Gasteiger partial charge in [-0.05, 0) is 37.1 Å². The van der Waals surface area contributed by atoms with Crippen molar-refractivity contribution in [2.45, 2.75) is 25.4 Å². The fourth-order valence-corrected chi connectivity index (χ4v) is 2.84. The predicted molar refractivity (Wildman–Crippen MR) is 86.2 cm³/mol. The number of carbonyl (C=O) groups excluding carboxylic acids is 2. The summed E-state index contributed by atoms with van der Waals surface area (Å²) in [6.45, 7) is 1.43. The second-order valence-corrected chi connectivity index (χ2v) is 6.24. The third-order valence-electron chi connectivity index (χ3n) is 4.19. The Balaban J connectivity index is 1.92. The summed E-state index contributed by atoms with van der Waals surface area (Å²) in [4.78, 5) is 29.7. The Morgan fingerprint density at radius 1 is 1.22 bits per heavy atom. The molecular formula is C17H24FN3O2. The zero-order valence-corrected chi connectivity index (χ0v) is 14.0. The van der Waals surface area contributed by atoms with Crippen LogP contribution in [0.5, 0.6) is 0 Å². The molecule has 6 heteroatoms. The highest BCUT2D eigenvalue weighted by molar-refractivity contribution is 5.83. The molecule has 0 radical (unpaired) electrons. The van der Waals surface area contributed by atoms with Gasteiger partial charge in [0.2, 0.25) is 11.8 Å². The van der Waals surface area contributed by atoms with Gasteiger partial charge in [-0.15, -0.1) is 0 Å². The van der Waals surface area contributed by atoms with Gasteiger partial charge in [0.15, 0.2) is 0 Å². The third-order valence-corrected chi connectivity index (χ3v) is 4.19. The van der Waals surface area contributed by atoms with Crippen LogP contribution in [0.3, 0.4) is 0 Å². The first-order valence-electron chi connectivity index (χ1n) is 7.82. The number of likely N-dealkylation sites (N-methyl/N-ethyl adjacent to an activating group) is 2. The van der Waals surface area contributed by atoms with E-state index in [1.807, 2.05) is 4.90 Å². The lowest BCUT2D eigenvalue weighted by atomic mass is 10.2. The molecule has 5 nitrogen and oxygen atoms in total. The summed E-state index contributed by atoms with van der Waals surface area (Å²) in [6, 6.07) is 5.92. The largest absolute Gasteiger partial charge is 0.347 e. The number of amides is 2. The van der Waals surface area contributed by atoms with Gasteiger partial charge in [0.25, 0.3) is 0 Å². The van der Waals surface area contributed by atoms with Crippen molar-refractivity contribution in [3.63, 3.8) is 0 Å². The first kappa shape index (κ1) is 17.4. The highest BCUT2D eigenvalue weighted by atomic mass is 19.1. The lowest BCUT2D eigenvalue weighted by molar-refractivity contribution is -0.136. The van der Waals surface area contributed by atoms with Gasteiger partial charge in [0, 0.05) is 27.7 Å². The highest BCUT2D eigenvalue weighted by Crippen LogP contribution is 2.18. The standard InChI is InChI=1S/C17H24FN3O2/c1-19(2)17(23)15-5-4-10-21(15)12-16(22)20(3)11-13-6-8-14(18)9-7-13/h6-9,15H,4-5,10-12H2,1-3H3. The zero-order valence-electron chi connectivity index (χ0n) is 14.0. The number of hydrogen-bond acceptors (Lipinski definition) is 3. The Kier molecular flexibility index (Phi) is 5.71. The van der Waals surface area contributed by atoms with Gasteiger partial charge < -0.3 is 9.80 Å². The molecule has 126 valence electrons. The molecule has 1 aromatic rings. The number of carbonyl (C=O) groups is 2. The van der Waals surface area contributed by atoms with Crippen LogP contribution >= 0.6 is 0 Å². The fourth-order valence-electron chi connectivity index (χ4n) is 2.84. The quantitative estimate of drug-likeness (QED) is 0.822. The van der Waals surface area contributed by atoms with E-state index in [4.69, 9.17) is 0 Å². The number of hydrogen-bond donors (Lipinski definition) is 0. The fraction of sp³-hybridized carbons (Fsp3) is 0.529. The Morgan fingerprint density at radius 3 is 2.48 bits per heavy atom. The van der Waals surface area contributed by atoms with Crippen LogP contribution in [0.4, 0.5) is 4.39 Å². The summed E-state index contributed by atoms with van der Waals surface area (Å²) in [5, 5.41) is 0. The predicted octanol–water partition coefficient (Wildman–Crippen LogP) is 1.34. The average Bonchev–Trinajstić information content (AvgIpc) is 2.96. The van der Waals surface area contributed by atoms with Crippen molar-refractivity contribution in [3.05, 3.63) is 35.6 Å². The number of halogens is 1. The molecule has 0 N–H and O–H groups in total. The van der Waals surface area contributed by atoms with E-state index in [1.54, 1.807) is 43.1 Å². The summed E-state index contributed by atoms with van der Waals surface area (Å²) < 4.78 is 12.9. The van der Waals surface area contributed by atoms with Crippen molar-refractivity contribution >= 4 is 11.8 Å². The van der Waals surface area contributed by atoms with Gasteiger partial charge in [0.05, 0.1) is 12.6 Å². The number of likely N-dealkylation sites (tertiary alicyclic amines) is 1. The molecular weight excluding hydrogens is 297 g/mol. The van der Waals surface area contributed by atoms with E-state index in [0.717, 1.165) is 24.9 Å². The van der Waals surface area contributed by atoms with Crippen molar-refractivity contribution in [1.29, 1.82) is 0 Å². The lowest BCUT2D eigenvalue weighted by Gasteiger charge is -2.27. The van der Waals surface area contributed by atoms with Crippen LogP contribution in [0.25, 0.3) is 0 Å². The van der Waals surface area contributed by atoms with Crippen molar-refractivity contribution < 1.29 is 14.0 Å². The van der Waals surface area contributed by atoms with E-state index in [0.29, 0.717) is 6.54 Å². The molecule has 2 rings (SSSR count). The molecule has 1 aromatic carbocycles. The molecule has 0 aromatic heterocycles. The summed E-state index contributed by atoms with van der Waals surface area (Å²) in [7, 11) is 5.20. The average molecular weight is 321 g/mol. The Hall–Kier alpha value is -1.95. The molecule has 1 unspecified atom stereocenters. The molecule has 0 spiro atoms. The van der Waals surface area contributed by atoms with Crippen LogP contribution < -0.4 is 0 Å². The summed E-state index contributed by atoms with van der Waals surface area (Å²) in [5.41, 5.74) is 0.879. The first-order chi connectivity index (χ1) is 10.9. The van der Waals surface area contributed by atoms with Gasteiger partial charge in [-0.1, -0.05) is 12.1 Å². The van der Waals surface area contributed by atoms with Crippen LogP contribution in [0.1, 0.15) is 18.4 Å². The van der Waals surface area contributed by atoms with Crippen LogP contribution in [0.2, 0.25) is 0 Å². The van der Waals surface area contributed by atoms with E-state index < -0.39 is 0 Å². The second kappa shape index (κ2) is 7.55. The van der Waals surface area contributed by atoms with E-state index in [-0.39, 0.29) is 30.2 Å². The van der Waals surface area contributed by atoms with Crippen molar-refractivity contribution in [1.82, 2.24) is 14.7 Å². The number of nitrogens with zero attached hydrogens (tertiary/aromatic N) is 3. The molecule has 0 bridgehead atoms. The molecule has 1 fully saturated rings. The van der Waals surface area contributed by atoms with Crippen LogP contribution in [0, 0.1) is 5.82 Å². The van der Waals surface area contributed by atoms with Gasteiger partial charge in [0.1, 0.15) is 5.82 Å². The third kappa shape index (κ3) is 4.51. The molecule has 23 heavy (non-hydrogen) atoms. The maximum Gasteiger partial charge on any atom is 0.239 e. The van der Waals surface area contributed by atoms with Crippen LogP contribution in [-0.2, 0) is 16.1 Å². The first-order valence-corrected chi connectivity index (χ1v) is 7.82. The van der Waals surface area contributed by atoms with Crippen molar-refractivity contribution in [2.75, 3.05) is 34.2 Å². The second-order valence-electron chi connectivity index (χ2n) is 6.24. The molecule has 0 saturated carbocycles. The molecule has 1 heterocycles. The Morgan fingerprint density at radius 2 is 1.87 bits per heavy atom.